The minimum atomic E-state index is -4.83. The van der Waals surface area contributed by atoms with Gasteiger partial charge in [-0.2, -0.15) is 5.10 Å². The molecule has 25 heavy (non-hydrogen) atoms. The fourth-order valence-electron chi connectivity index (χ4n) is 2.12. The summed E-state index contributed by atoms with van der Waals surface area (Å²) in [4.78, 5) is 0. The fourth-order valence-corrected chi connectivity index (χ4v) is 2.12. The Morgan fingerprint density at radius 3 is 2.36 bits per heavy atom. The van der Waals surface area contributed by atoms with Crippen LogP contribution in [-0.2, 0) is 0 Å². The Morgan fingerprint density at radius 1 is 0.960 bits per heavy atom. The Morgan fingerprint density at radius 2 is 1.64 bits per heavy atom. The van der Waals surface area contributed by atoms with E-state index >= 15 is 0 Å². The zero-order valence-corrected chi connectivity index (χ0v) is 12.7. The Kier molecular flexibility index (Phi) is 4.38. The van der Waals surface area contributed by atoms with Gasteiger partial charge in [0.2, 0.25) is 0 Å². The number of para-hydroxylation sites is 2. The molecule has 9 heteroatoms. The molecule has 6 nitrogen and oxygen atoms in total. The van der Waals surface area contributed by atoms with E-state index in [1.165, 1.54) is 18.2 Å². The van der Waals surface area contributed by atoms with Gasteiger partial charge in [-0.15, -0.1) is 23.4 Å². The van der Waals surface area contributed by atoms with Gasteiger partial charge in [0.1, 0.15) is 11.5 Å². The Hall–Kier alpha value is -3.36. The second-order valence-corrected chi connectivity index (χ2v) is 4.92. The number of hydrazone groups is 1. The molecule has 0 aromatic heterocycles. The number of halogens is 3. The van der Waals surface area contributed by atoms with E-state index in [-0.39, 0.29) is 22.8 Å². The van der Waals surface area contributed by atoms with Gasteiger partial charge >= 0.3 is 6.36 Å². The third kappa shape index (κ3) is 3.94. The lowest BCUT2D eigenvalue weighted by Gasteiger charge is -2.13. The van der Waals surface area contributed by atoms with Crippen molar-refractivity contribution in [1.29, 1.82) is 0 Å². The van der Waals surface area contributed by atoms with Gasteiger partial charge < -0.3 is 10.5 Å². The summed E-state index contributed by atoms with van der Waals surface area (Å²) in [6.07, 6.45) is -4.83. The number of nitrogens with zero attached hydrogens (tertiary/aromatic N) is 3. The van der Waals surface area contributed by atoms with Crippen LogP contribution in [0.25, 0.3) is 0 Å². The number of hydrogen-bond donors (Lipinski definition) is 2. The molecule has 0 atom stereocenters. The highest BCUT2D eigenvalue weighted by Crippen LogP contribution is 2.28. The second-order valence-electron chi connectivity index (χ2n) is 4.92. The molecule has 1 heterocycles. The standard InChI is InChI=1S/C16H12F3N5O/c17-16(18,19)25-12-9-5-4-8-11(12)13-14(15(20)24-22-13)23-21-10-6-2-1-3-7-10/h1-9,21H,(H2,20,23,24). The van der Waals surface area contributed by atoms with E-state index in [0.29, 0.717) is 5.69 Å². The third-order valence-electron chi connectivity index (χ3n) is 3.16. The van der Waals surface area contributed by atoms with Gasteiger partial charge in [-0.3, -0.25) is 5.43 Å². The second kappa shape index (κ2) is 6.63. The van der Waals surface area contributed by atoms with Crippen molar-refractivity contribution in [3.8, 4) is 5.75 Å². The molecule has 0 bridgehead atoms. The van der Waals surface area contributed by atoms with Crippen LogP contribution in [0.4, 0.5) is 18.9 Å². The van der Waals surface area contributed by atoms with Crippen molar-refractivity contribution in [2.24, 2.45) is 21.0 Å². The Bertz CT molecular complexity index is 860. The van der Waals surface area contributed by atoms with Crippen molar-refractivity contribution in [2.75, 3.05) is 5.43 Å². The summed E-state index contributed by atoms with van der Waals surface area (Å²) in [5, 5.41) is 11.6. The molecule has 0 spiro atoms. The van der Waals surface area contributed by atoms with Crippen LogP contribution >= 0.6 is 0 Å². The van der Waals surface area contributed by atoms with Crippen molar-refractivity contribution in [3.63, 3.8) is 0 Å². The summed E-state index contributed by atoms with van der Waals surface area (Å²) in [6.45, 7) is 0. The molecule has 0 radical (unpaired) electrons. The summed E-state index contributed by atoms with van der Waals surface area (Å²) in [6, 6.07) is 14.6. The molecule has 3 rings (SSSR count). The molecular formula is C16H12F3N5O. The van der Waals surface area contributed by atoms with Crippen LogP contribution in [0, 0.1) is 0 Å². The molecule has 0 fully saturated rings. The van der Waals surface area contributed by atoms with Crippen LogP contribution in [0.1, 0.15) is 5.56 Å². The van der Waals surface area contributed by atoms with E-state index in [1.807, 2.05) is 6.07 Å². The average molecular weight is 347 g/mol. The number of amidine groups is 1. The maximum atomic E-state index is 12.6. The predicted molar refractivity (Wildman–Crippen MR) is 88.8 cm³/mol. The lowest BCUT2D eigenvalue weighted by atomic mass is 10.0. The maximum Gasteiger partial charge on any atom is 0.573 e. The summed E-state index contributed by atoms with van der Waals surface area (Å²) < 4.78 is 41.8. The van der Waals surface area contributed by atoms with Crippen molar-refractivity contribution in [2.45, 2.75) is 6.36 Å². The van der Waals surface area contributed by atoms with Gasteiger partial charge in [0.25, 0.3) is 0 Å². The van der Waals surface area contributed by atoms with E-state index in [9.17, 15) is 13.2 Å². The number of benzene rings is 2. The minimum absolute atomic E-state index is 0.0137. The summed E-state index contributed by atoms with van der Waals surface area (Å²) in [5.41, 5.74) is 9.48. The van der Waals surface area contributed by atoms with E-state index in [1.54, 1.807) is 30.3 Å². The summed E-state index contributed by atoms with van der Waals surface area (Å²) >= 11 is 0. The van der Waals surface area contributed by atoms with Crippen LogP contribution in [-0.4, -0.2) is 23.6 Å². The molecule has 0 unspecified atom stereocenters. The first-order valence-corrected chi connectivity index (χ1v) is 7.10. The lowest BCUT2D eigenvalue weighted by Crippen LogP contribution is -2.29. The first kappa shape index (κ1) is 16.5. The zero-order chi connectivity index (χ0) is 17.9. The minimum Gasteiger partial charge on any atom is -0.405 e. The van der Waals surface area contributed by atoms with Gasteiger partial charge in [0, 0.05) is 5.56 Å². The smallest absolute Gasteiger partial charge is 0.405 e. The quantitative estimate of drug-likeness (QED) is 0.834. The molecule has 0 amide bonds. The van der Waals surface area contributed by atoms with Gasteiger partial charge in [-0.25, -0.2) is 0 Å². The predicted octanol–water partition coefficient (Wildman–Crippen LogP) is 3.13. The number of nitrogens with two attached hydrogens (primary N) is 1. The number of alkyl halides is 3. The first-order valence-electron chi connectivity index (χ1n) is 7.10. The highest BCUT2D eigenvalue weighted by molar-refractivity contribution is 6.72. The number of rotatable bonds is 4. The van der Waals surface area contributed by atoms with E-state index in [0.717, 1.165) is 0 Å². The molecule has 1 aliphatic heterocycles. The van der Waals surface area contributed by atoms with Crippen molar-refractivity contribution in [3.05, 3.63) is 60.2 Å². The topological polar surface area (TPSA) is 84.4 Å². The van der Waals surface area contributed by atoms with Crippen molar-refractivity contribution < 1.29 is 17.9 Å². The van der Waals surface area contributed by atoms with Crippen LogP contribution < -0.4 is 15.9 Å². The average Bonchev–Trinajstić information content (AvgIpc) is 2.94. The van der Waals surface area contributed by atoms with E-state index in [4.69, 9.17) is 5.73 Å². The van der Waals surface area contributed by atoms with Crippen LogP contribution in [0.5, 0.6) is 5.75 Å². The van der Waals surface area contributed by atoms with E-state index in [2.05, 4.69) is 25.5 Å². The van der Waals surface area contributed by atoms with Crippen molar-refractivity contribution >= 4 is 22.9 Å². The highest BCUT2D eigenvalue weighted by atomic mass is 19.4. The highest BCUT2D eigenvalue weighted by Gasteiger charge is 2.34. The van der Waals surface area contributed by atoms with Crippen LogP contribution in [0.15, 0.2) is 69.9 Å². The number of hydrogen-bond acceptors (Lipinski definition) is 6. The molecular weight excluding hydrogens is 335 g/mol. The van der Waals surface area contributed by atoms with E-state index < -0.39 is 12.1 Å². The normalized spacial score (nSPS) is 15.7. The van der Waals surface area contributed by atoms with Crippen LogP contribution in [0.3, 0.4) is 0 Å². The van der Waals surface area contributed by atoms with Gasteiger partial charge in [-0.1, -0.05) is 30.3 Å². The molecule has 3 N–H and O–H groups in total. The fraction of sp³-hybridized carbons (Fsp3) is 0.0625. The molecule has 1 aliphatic rings. The van der Waals surface area contributed by atoms with Gasteiger partial charge in [-0.05, 0) is 24.3 Å². The molecule has 2 aromatic carbocycles. The zero-order valence-electron chi connectivity index (χ0n) is 12.7. The summed E-state index contributed by atoms with van der Waals surface area (Å²) in [5.74, 6) is -0.425. The first-order chi connectivity index (χ1) is 11.9. The van der Waals surface area contributed by atoms with Gasteiger partial charge in [0.05, 0.1) is 5.69 Å². The van der Waals surface area contributed by atoms with Crippen molar-refractivity contribution in [1.82, 2.24) is 0 Å². The number of nitrogens with one attached hydrogen (secondary N) is 1. The van der Waals surface area contributed by atoms with Crippen LogP contribution in [0.2, 0.25) is 0 Å². The Labute approximate surface area is 140 Å². The molecule has 0 saturated heterocycles. The van der Waals surface area contributed by atoms with Gasteiger partial charge in [0.15, 0.2) is 11.5 Å². The number of ether oxygens (including phenoxy) is 1. The SMILES string of the molecule is NC1=NN=C(c2ccccc2OC(F)(F)F)/C1=N\Nc1ccccc1. The molecule has 0 saturated carbocycles. The lowest BCUT2D eigenvalue weighted by molar-refractivity contribution is -0.274. The summed E-state index contributed by atoms with van der Waals surface area (Å²) in [7, 11) is 0. The largest absolute Gasteiger partial charge is 0.573 e. The molecule has 128 valence electrons. The monoisotopic (exact) mass is 347 g/mol. The molecule has 2 aromatic rings. The Balaban J connectivity index is 1.92. The molecule has 0 aliphatic carbocycles. The number of anilines is 1. The third-order valence-corrected chi connectivity index (χ3v) is 3.16. The maximum absolute atomic E-state index is 12.6.